The van der Waals surface area contributed by atoms with E-state index in [1.165, 1.54) is 18.2 Å². The first kappa shape index (κ1) is 23.2. The number of benzene rings is 1. The van der Waals surface area contributed by atoms with Gasteiger partial charge >= 0.3 is 6.09 Å². The van der Waals surface area contributed by atoms with Gasteiger partial charge in [-0.05, 0) is 39.8 Å². The zero-order valence-electron chi connectivity index (χ0n) is 18.9. The molecule has 2 atom stereocenters. The van der Waals surface area contributed by atoms with Crippen molar-refractivity contribution in [1.29, 1.82) is 0 Å². The summed E-state index contributed by atoms with van der Waals surface area (Å²) < 4.78 is 16.4. The number of carbonyl (C=O) groups excluding carboxylic acids is 3. The Morgan fingerprint density at radius 1 is 1.22 bits per heavy atom. The molecular formula is C22H28N4O6. The molecule has 2 heterocycles. The van der Waals surface area contributed by atoms with Gasteiger partial charge in [0.2, 0.25) is 11.8 Å². The van der Waals surface area contributed by atoms with Gasteiger partial charge in [0, 0.05) is 12.5 Å². The second kappa shape index (κ2) is 9.37. The largest absolute Gasteiger partial charge is 0.497 e. The minimum atomic E-state index is -0.694. The van der Waals surface area contributed by atoms with Crippen molar-refractivity contribution in [3.05, 3.63) is 24.5 Å². The fraction of sp³-hybridized carbons (Fsp3) is 0.500. The van der Waals surface area contributed by atoms with Crippen molar-refractivity contribution < 1.29 is 28.6 Å². The summed E-state index contributed by atoms with van der Waals surface area (Å²) in [6.07, 6.45) is 0.590. The molecule has 10 nitrogen and oxygen atoms in total. The van der Waals surface area contributed by atoms with E-state index >= 15 is 0 Å². The van der Waals surface area contributed by atoms with Crippen molar-refractivity contribution in [3.63, 3.8) is 0 Å². The number of carbonyl (C=O) groups is 3. The molecule has 0 radical (unpaired) electrons. The molecule has 1 saturated heterocycles. The Hall–Kier alpha value is -3.43. The molecule has 1 aliphatic rings. The van der Waals surface area contributed by atoms with Crippen LogP contribution in [0.4, 0.5) is 4.79 Å². The zero-order chi connectivity index (χ0) is 23.5. The number of Topliss-reactive ketones (excluding diaryl/α,β-unsaturated/α-hetero) is 1. The molecule has 0 spiro atoms. The minimum Gasteiger partial charge on any atom is -0.497 e. The molecule has 2 aromatic rings. The number of rotatable bonds is 6. The van der Waals surface area contributed by atoms with E-state index in [9.17, 15) is 14.4 Å². The average molecular weight is 444 g/mol. The fourth-order valence-corrected chi connectivity index (χ4v) is 3.50. The number of methoxy groups -OCH3 is 1. The first-order valence-corrected chi connectivity index (χ1v) is 10.3. The van der Waals surface area contributed by atoms with Crippen molar-refractivity contribution in [1.82, 2.24) is 20.2 Å². The van der Waals surface area contributed by atoms with E-state index in [1.807, 2.05) is 0 Å². The molecule has 0 aliphatic carbocycles. The van der Waals surface area contributed by atoms with Crippen molar-refractivity contribution in [3.8, 4) is 11.6 Å². The highest BCUT2D eigenvalue weighted by molar-refractivity contribution is 5.90. The van der Waals surface area contributed by atoms with E-state index in [1.54, 1.807) is 46.1 Å². The zero-order valence-corrected chi connectivity index (χ0v) is 18.9. The number of aromatic nitrogens is 2. The number of alkyl carbamates (subject to hydrolysis) is 1. The standard InChI is InChI=1S/C22H28N4O6/c1-13(27)18-9-15(11-26(18)19(28)10-23-21(29)32-22(2,3)4)31-20-16-7-6-14(30-5)8-17(16)24-12-25-20/h6-8,12,15,18H,9-11H2,1-5H3,(H,23,29)/t15-,18+/m1/s1. The Morgan fingerprint density at radius 2 is 1.97 bits per heavy atom. The molecule has 1 fully saturated rings. The highest BCUT2D eigenvalue weighted by atomic mass is 16.6. The Balaban J connectivity index is 1.69. The average Bonchev–Trinajstić information content (AvgIpc) is 3.15. The van der Waals surface area contributed by atoms with Gasteiger partial charge in [-0.25, -0.2) is 14.8 Å². The number of hydrogen-bond acceptors (Lipinski definition) is 8. The van der Waals surface area contributed by atoms with Crippen LogP contribution < -0.4 is 14.8 Å². The third-order valence-electron chi connectivity index (χ3n) is 4.92. The van der Waals surface area contributed by atoms with Crippen molar-refractivity contribution in [2.24, 2.45) is 0 Å². The molecule has 172 valence electrons. The predicted molar refractivity (Wildman–Crippen MR) is 116 cm³/mol. The maximum absolute atomic E-state index is 12.7. The Kier molecular flexibility index (Phi) is 6.81. The van der Waals surface area contributed by atoms with Gasteiger partial charge in [-0.2, -0.15) is 0 Å². The van der Waals surface area contributed by atoms with Gasteiger partial charge in [-0.15, -0.1) is 0 Å². The number of fused-ring (bicyclic) bond motifs is 1. The molecule has 1 N–H and O–H groups in total. The summed E-state index contributed by atoms with van der Waals surface area (Å²) in [5.74, 6) is 0.485. The quantitative estimate of drug-likeness (QED) is 0.719. The molecule has 10 heteroatoms. The van der Waals surface area contributed by atoms with Crippen LogP contribution in [0.3, 0.4) is 0 Å². The summed E-state index contributed by atoms with van der Waals surface area (Å²) in [5, 5.41) is 3.14. The molecule has 0 unspecified atom stereocenters. The summed E-state index contributed by atoms with van der Waals surface area (Å²) in [7, 11) is 1.57. The maximum Gasteiger partial charge on any atom is 0.408 e. The SMILES string of the molecule is COc1ccc2c(O[C@@H]3C[C@@H](C(C)=O)N(C(=O)CNC(=O)OC(C)(C)C)C3)ncnc2c1. The molecule has 0 bridgehead atoms. The summed E-state index contributed by atoms with van der Waals surface area (Å²) in [5.41, 5.74) is -0.0173. The molecule has 2 amide bonds. The molecule has 0 saturated carbocycles. The summed E-state index contributed by atoms with van der Waals surface area (Å²) in [4.78, 5) is 46.6. The van der Waals surface area contributed by atoms with Crippen LogP contribution in [-0.4, -0.2) is 70.6 Å². The third kappa shape index (κ3) is 5.63. The van der Waals surface area contributed by atoms with E-state index in [0.717, 1.165) is 0 Å². The summed E-state index contributed by atoms with van der Waals surface area (Å²) in [6.45, 7) is 6.55. The number of nitrogens with one attached hydrogen (secondary N) is 1. The second-order valence-corrected chi connectivity index (χ2v) is 8.57. The van der Waals surface area contributed by atoms with Gasteiger partial charge in [0.15, 0.2) is 5.78 Å². The lowest BCUT2D eigenvalue weighted by molar-refractivity contribution is -0.136. The number of likely N-dealkylation sites (tertiary alicyclic amines) is 1. The smallest absolute Gasteiger partial charge is 0.408 e. The molecule has 32 heavy (non-hydrogen) atoms. The number of hydrogen-bond donors (Lipinski definition) is 1. The fourth-order valence-electron chi connectivity index (χ4n) is 3.50. The lowest BCUT2D eigenvalue weighted by atomic mass is 10.1. The highest BCUT2D eigenvalue weighted by Crippen LogP contribution is 2.29. The molecular weight excluding hydrogens is 416 g/mol. The van der Waals surface area contributed by atoms with Crippen LogP contribution in [0.25, 0.3) is 10.9 Å². The van der Waals surface area contributed by atoms with Gasteiger partial charge in [0.05, 0.1) is 30.6 Å². The van der Waals surface area contributed by atoms with Gasteiger partial charge < -0.3 is 24.4 Å². The van der Waals surface area contributed by atoms with E-state index < -0.39 is 23.8 Å². The maximum atomic E-state index is 12.7. The molecule has 1 aromatic carbocycles. The summed E-state index contributed by atoms with van der Waals surface area (Å²) >= 11 is 0. The highest BCUT2D eigenvalue weighted by Gasteiger charge is 2.39. The summed E-state index contributed by atoms with van der Waals surface area (Å²) in [6, 6.07) is 4.72. The van der Waals surface area contributed by atoms with E-state index in [0.29, 0.717) is 29.0 Å². The Labute approximate surface area is 186 Å². The van der Waals surface area contributed by atoms with E-state index in [4.69, 9.17) is 14.2 Å². The minimum absolute atomic E-state index is 0.154. The van der Waals surface area contributed by atoms with E-state index in [-0.39, 0.29) is 24.8 Å². The van der Waals surface area contributed by atoms with Crippen molar-refractivity contribution >= 4 is 28.7 Å². The van der Waals surface area contributed by atoms with Crippen LogP contribution in [0, 0.1) is 0 Å². The monoisotopic (exact) mass is 444 g/mol. The van der Waals surface area contributed by atoms with Gasteiger partial charge in [-0.3, -0.25) is 9.59 Å². The van der Waals surface area contributed by atoms with E-state index in [2.05, 4.69) is 15.3 Å². The predicted octanol–water partition coefficient (Wildman–Crippen LogP) is 2.10. The van der Waals surface area contributed by atoms with Crippen LogP contribution >= 0.6 is 0 Å². The van der Waals surface area contributed by atoms with Gasteiger partial charge in [0.25, 0.3) is 0 Å². The van der Waals surface area contributed by atoms with Crippen molar-refractivity contribution in [2.45, 2.75) is 51.9 Å². The lowest BCUT2D eigenvalue weighted by Gasteiger charge is -2.23. The number of amides is 2. The van der Waals surface area contributed by atoms with Crippen LogP contribution in [0.1, 0.15) is 34.1 Å². The number of nitrogens with zero attached hydrogens (tertiary/aromatic N) is 3. The lowest BCUT2D eigenvalue weighted by Crippen LogP contribution is -2.46. The van der Waals surface area contributed by atoms with Crippen LogP contribution in [0.15, 0.2) is 24.5 Å². The molecule has 1 aromatic heterocycles. The normalized spacial score (nSPS) is 18.3. The molecule has 1 aliphatic heterocycles. The topological polar surface area (TPSA) is 120 Å². The number of ether oxygens (including phenoxy) is 3. The van der Waals surface area contributed by atoms with Crippen molar-refractivity contribution in [2.75, 3.05) is 20.2 Å². The van der Waals surface area contributed by atoms with Crippen LogP contribution in [0.2, 0.25) is 0 Å². The Bertz CT molecular complexity index is 1020. The number of ketones is 1. The van der Waals surface area contributed by atoms with Crippen LogP contribution in [0.5, 0.6) is 11.6 Å². The Morgan fingerprint density at radius 3 is 2.62 bits per heavy atom. The first-order valence-electron chi connectivity index (χ1n) is 10.3. The molecule has 3 rings (SSSR count). The second-order valence-electron chi connectivity index (χ2n) is 8.57. The van der Waals surface area contributed by atoms with Gasteiger partial charge in [0.1, 0.15) is 30.3 Å². The third-order valence-corrected chi connectivity index (χ3v) is 4.92. The van der Waals surface area contributed by atoms with Crippen LogP contribution in [-0.2, 0) is 14.3 Å². The van der Waals surface area contributed by atoms with Gasteiger partial charge in [-0.1, -0.05) is 0 Å². The first-order chi connectivity index (χ1) is 15.1.